The highest BCUT2D eigenvalue weighted by Crippen LogP contribution is 2.33. The minimum absolute atomic E-state index is 0.262. The molecule has 1 aliphatic carbocycles. The number of nitrogens with one attached hydrogen (secondary N) is 1. The van der Waals surface area contributed by atoms with Crippen LogP contribution in [0.1, 0.15) is 38.7 Å². The number of hydrogen-bond donors (Lipinski definition) is 1. The average molecular weight is 316 g/mol. The topological polar surface area (TPSA) is 21.3 Å². The van der Waals surface area contributed by atoms with Crippen LogP contribution in [0.15, 0.2) is 12.1 Å². The predicted octanol–water partition coefficient (Wildman–Crippen LogP) is 4.71. The van der Waals surface area contributed by atoms with Crippen LogP contribution in [0.4, 0.5) is 0 Å². The van der Waals surface area contributed by atoms with Crippen molar-refractivity contribution in [1.82, 2.24) is 5.32 Å². The van der Waals surface area contributed by atoms with E-state index < -0.39 is 0 Å². The molecule has 0 bridgehead atoms. The van der Waals surface area contributed by atoms with Crippen molar-refractivity contribution in [3.8, 4) is 5.75 Å². The lowest BCUT2D eigenvalue weighted by Gasteiger charge is -2.25. The maximum Gasteiger partial charge on any atom is 0.138 e. The van der Waals surface area contributed by atoms with E-state index in [1.54, 1.807) is 13.2 Å². The Morgan fingerprint density at radius 3 is 2.55 bits per heavy atom. The molecule has 2 rings (SSSR count). The SMILES string of the molecule is COc1cc(Cl)c(CCC(C)(C)CNC2CC2)cc1Cl. The van der Waals surface area contributed by atoms with Gasteiger partial charge in [0.15, 0.2) is 0 Å². The van der Waals surface area contributed by atoms with E-state index in [4.69, 9.17) is 27.9 Å². The summed E-state index contributed by atoms with van der Waals surface area (Å²) in [6.07, 6.45) is 4.67. The molecule has 0 amide bonds. The molecule has 0 aliphatic heterocycles. The molecule has 1 aliphatic rings. The Hall–Kier alpha value is -0.440. The van der Waals surface area contributed by atoms with Crippen LogP contribution < -0.4 is 10.1 Å². The first-order chi connectivity index (χ1) is 9.41. The maximum absolute atomic E-state index is 6.29. The first-order valence-electron chi connectivity index (χ1n) is 7.16. The Balaban J connectivity index is 1.93. The lowest BCUT2D eigenvalue weighted by atomic mass is 9.86. The van der Waals surface area contributed by atoms with Crippen molar-refractivity contribution in [2.24, 2.45) is 5.41 Å². The molecule has 2 nitrogen and oxygen atoms in total. The standard InChI is InChI=1S/C16H23Cl2NO/c1-16(2,10-19-12-4-5-12)7-6-11-8-14(18)15(20-3)9-13(11)17/h8-9,12,19H,4-7,10H2,1-3H3. The summed E-state index contributed by atoms with van der Waals surface area (Å²) < 4.78 is 5.17. The monoisotopic (exact) mass is 315 g/mol. The highest BCUT2D eigenvalue weighted by Gasteiger charge is 2.25. The van der Waals surface area contributed by atoms with Gasteiger partial charge in [0, 0.05) is 23.7 Å². The highest BCUT2D eigenvalue weighted by molar-refractivity contribution is 6.34. The molecule has 0 saturated heterocycles. The number of hydrogen-bond acceptors (Lipinski definition) is 2. The van der Waals surface area contributed by atoms with Gasteiger partial charge in [-0.05, 0) is 42.7 Å². The fourth-order valence-corrected chi connectivity index (χ4v) is 2.70. The van der Waals surface area contributed by atoms with E-state index in [9.17, 15) is 0 Å². The predicted molar refractivity (Wildman–Crippen MR) is 86.1 cm³/mol. The number of halogens is 2. The molecule has 20 heavy (non-hydrogen) atoms. The van der Waals surface area contributed by atoms with Gasteiger partial charge in [0.25, 0.3) is 0 Å². The zero-order valence-corrected chi connectivity index (χ0v) is 13.9. The highest BCUT2D eigenvalue weighted by atomic mass is 35.5. The Morgan fingerprint density at radius 1 is 1.25 bits per heavy atom. The molecular formula is C16H23Cl2NO. The molecule has 4 heteroatoms. The van der Waals surface area contributed by atoms with Crippen LogP contribution >= 0.6 is 23.2 Å². The summed E-state index contributed by atoms with van der Waals surface area (Å²) in [7, 11) is 1.60. The van der Waals surface area contributed by atoms with Crippen molar-refractivity contribution in [3.05, 3.63) is 27.7 Å². The lowest BCUT2D eigenvalue weighted by Crippen LogP contribution is -2.31. The molecule has 0 unspecified atom stereocenters. The van der Waals surface area contributed by atoms with Gasteiger partial charge in [-0.25, -0.2) is 0 Å². The summed E-state index contributed by atoms with van der Waals surface area (Å²) in [5, 5.41) is 4.96. The minimum atomic E-state index is 0.262. The Bertz CT molecular complexity index is 470. The third kappa shape index (κ3) is 4.54. The number of ether oxygens (including phenoxy) is 1. The van der Waals surface area contributed by atoms with E-state index in [0.717, 1.165) is 36.0 Å². The molecule has 1 aromatic rings. The van der Waals surface area contributed by atoms with Crippen molar-refractivity contribution >= 4 is 23.2 Å². The van der Waals surface area contributed by atoms with Crippen LogP contribution in [0.5, 0.6) is 5.75 Å². The fraction of sp³-hybridized carbons (Fsp3) is 0.625. The molecule has 0 spiro atoms. The number of methoxy groups -OCH3 is 1. The Labute approximate surface area is 131 Å². The number of rotatable bonds is 7. The van der Waals surface area contributed by atoms with Crippen molar-refractivity contribution in [2.45, 2.75) is 45.6 Å². The van der Waals surface area contributed by atoms with Crippen molar-refractivity contribution in [3.63, 3.8) is 0 Å². The molecule has 1 aromatic carbocycles. The summed E-state index contributed by atoms with van der Waals surface area (Å²) in [6, 6.07) is 4.48. The normalized spacial score (nSPS) is 15.4. The average Bonchev–Trinajstić information content (AvgIpc) is 3.21. The number of aryl methyl sites for hydroxylation is 1. The smallest absolute Gasteiger partial charge is 0.138 e. The first kappa shape index (κ1) is 15.9. The second-order valence-electron chi connectivity index (χ2n) is 6.40. The van der Waals surface area contributed by atoms with E-state index in [2.05, 4.69) is 19.2 Å². The van der Waals surface area contributed by atoms with Gasteiger partial charge in [0.2, 0.25) is 0 Å². The quantitative estimate of drug-likeness (QED) is 0.786. The summed E-state index contributed by atoms with van der Waals surface area (Å²) in [4.78, 5) is 0. The van der Waals surface area contributed by atoms with Gasteiger partial charge in [-0.3, -0.25) is 0 Å². The van der Waals surface area contributed by atoms with Crippen molar-refractivity contribution in [1.29, 1.82) is 0 Å². The van der Waals surface area contributed by atoms with Crippen LogP contribution in [0, 0.1) is 5.41 Å². The molecule has 0 atom stereocenters. The molecule has 0 aromatic heterocycles. The molecule has 0 heterocycles. The van der Waals surface area contributed by atoms with E-state index >= 15 is 0 Å². The molecule has 1 saturated carbocycles. The molecule has 112 valence electrons. The summed E-state index contributed by atoms with van der Waals surface area (Å²) in [5.74, 6) is 0.634. The molecule has 1 fully saturated rings. The van der Waals surface area contributed by atoms with E-state index in [-0.39, 0.29) is 5.41 Å². The third-order valence-electron chi connectivity index (χ3n) is 3.84. The number of benzene rings is 1. The summed E-state index contributed by atoms with van der Waals surface area (Å²) in [5.41, 5.74) is 1.36. The summed E-state index contributed by atoms with van der Waals surface area (Å²) in [6.45, 7) is 5.64. The molecule has 0 radical (unpaired) electrons. The summed E-state index contributed by atoms with van der Waals surface area (Å²) >= 11 is 12.5. The minimum Gasteiger partial charge on any atom is -0.495 e. The van der Waals surface area contributed by atoms with Crippen LogP contribution in [0.2, 0.25) is 10.0 Å². The third-order valence-corrected chi connectivity index (χ3v) is 4.49. The second kappa shape index (κ2) is 6.55. The zero-order chi connectivity index (χ0) is 14.8. The second-order valence-corrected chi connectivity index (χ2v) is 7.21. The van der Waals surface area contributed by atoms with Gasteiger partial charge >= 0.3 is 0 Å². The van der Waals surface area contributed by atoms with E-state index in [1.807, 2.05) is 6.07 Å². The van der Waals surface area contributed by atoms with Gasteiger partial charge in [0.1, 0.15) is 5.75 Å². The van der Waals surface area contributed by atoms with Crippen LogP contribution in [0.3, 0.4) is 0 Å². The largest absolute Gasteiger partial charge is 0.495 e. The first-order valence-corrected chi connectivity index (χ1v) is 7.92. The fourth-order valence-electron chi connectivity index (χ4n) is 2.19. The Kier molecular flexibility index (Phi) is 5.22. The van der Waals surface area contributed by atoms with Crippen molar-refractivity contribution < 1.29 is 4.74 Å². The van der Waals surface area contributed by atoms with Crippen LogP contribution in [-0.2, 0) is 6.42 Å². The lowest BCUT2D eigenvalue weighted by molar-refractivity contribution is 0.313. The van der Waals surface area contributed by atoms with Gasteiger partial charge in [-0.2, -0.15) is 0 Å². The van der Waals surface area contributed by atoms with Crippen LogP contribution in [0.25, 0.3) is 0 Å². The molecule has 1 N–H and O–H groups in total. The van der Waals surface area contributed by atoms with Gasteiger partial charge in [-0.1, -0.05) is 37.0 Å². The van der Waals surface area contributed by atoms with Crippen molar-refractivity contribution in [2.75, 3.05) is 13.7 Å². The van der Waals surface area contributed by atoms with E-state index in [1.165, 1.54) is 12.8 Å². The van der Waals surface area contributed by atoms with Gasteiger partial charge < -0.3 is 10.1 Å². The Morgan fingerprint density at radius 2 is 1.95 bits per heavy atom. The molecular weight excluding hydrogens is 293 g/mol. The zero-order valence-electron chi connectivity index (χ0n) is 12.4. The van der Waals surface area contributed by atoms with Gasteiger partial charge in [0.05, 0.1) is 12.1 Å². The van der Waals surface area contributed by atoms with E-state index in [0.29, 0.717) is 10.8 Å². The maximum atomic E-state index is 6.29. The van der Waals surface area contributed by atoms with Gasteiger partial charge in [-0.15, -0.1) is 0 Å². The van der Waals surface area contributed by atoms with Crippen LogP contribution in [-0.4, -0.2) is 19.7 Å².